The molecule has 5 nitrogen and oxygen atoms in total. The lowest BCUT2D eigenvalue weighted by Gasteiger charge is -2.35. The monoisotopic (exact) mass is 307 g/mol. The predicted octanol–water partition coefficient (Wildman–Crippen LogP) is 2.44. The highest BCUT2D eigenvalue weighted by atomic mass is 15.4. The van der Waals surface area contributed by atoms with E-state index in [2.05, 4.69) is 63.6 Å². The molecular formula is C18H21N5. The van der Waals surface area contributed by atoms with Crippen molar-refractivity contribution in [3.8, 4) is 0 Å². The summed E-state index contributed by atoms with van der Waals surface area (Å²) in [5.41, 5.74) is 3.37. The van der Waals surface area contributed by atoms with Crippen molar-refractivity contribution in [1.29, 1.82) is 0 Å². The molecule has 0 radical (unpaired) electrons. The average Bonchev–Trinajstić information content (AvgIpc) is 3.10. The summed E-state index contributed by atoms with van der Waals surface area (Å²) in [6.07, 6.45) is 2.75. The van der Waals surface area contributed by atoms with Crippen molar-refractivity contribution < 1.29 is 0 Å². The molecule has 1 fully saturated rings. The summed E-state index contributed by atoms with van der Waals surface area (Å²) in [4.78, 5) is 7.06. The Bertz CT molecular complexity index is 796. The second-order valence-electron chi connectivity index (χ2n) is 5.92. The van der Waals surface area contributed by atoms with Crippen molar-refractivity contribution in [3.63, 3.8) is 0 Å². The Morgan fingerprint density at radius 2 is 2.09 bits per heavy atom. The number of benzene rings is 1. The number of aromatic nitrogens is 3. The van der Waals surface area contributed by atoms with E-state index in [-0.39, 0.29) is 0 Å². The van der Waals surface area contributed by atoms with Crippen LogP contribution in [0.1, 0.15) is 24.2 Å². The molecule has 1 aromatic carbocycles. The molecule has 5 heteroatoms. The third-order valence-electron chi connectivity index (χ3n) is 4.46. The fourth-order valence-corrected chi connectivity index (χ4v) is 3.22. The van der Waals surface area contributed by atoms with E-state index < -0.39 is 0 Å². The molecule has 3 aromatic rings. The zero-order valence-electron chi connectivity index (χ0n) is 13.3. The first kappa shape index (κ1) is 14.2. The topological polar surface area (TPSA) is 45.5 Å². The third kappa shape index (κ3) is 2.68. The summed E-state index contributed by atoms with van der Waals surface area (Å²) in [5, 5.41) is 8.08. The van der Waals surface area contributed by atoms with Crippen LogP contribution in [-0.4, -0.2) is 34.2 Å². The molecule has 1 saturated heterocycles. The maximum Gasteiger partial charge on any atom is 0.157 e. The van der Waals surface area contributed by atoms with E-state index >= 15 is 0 Å². The van der Waals surface area contributed by atoms with Gasteiger partial charge in [0.2, 0.25) is 0 Å². The van der Waals surface area contributed by atoms with Crippen molar-refractivity contribution in [2.75, 3.05) is 24.5 Å². The Kier molecular flexibility index (Phi) is 3.71. The minimum atomic E-state index is 0.341. The quantitative estimate of drug-likeness (QED) is 0.807. The van der Waals surface area contributed by atoms with Gasteiger partial charge in [0.15, 0.2) is 5.65 Å². The minimum Gasteiger partial charge on any atom is -0.353 e. The zero-order chi connectivity index (χ0) is 15.6. The van der Waals surface area contributed by atoms with Gasteiger partial charge in [-0.1, -0.05) is 37.3 Å². The lowest BCUT2D eigenvalue weighted by atomic mass is 10.0. The van der Waals surface area contributed by atoms with E-state index in [1.807, 2.05) is 16.8 Å². The van der Waals surface area contributed by atoms with Crippen molar-refractivity contribution in [2.24, 2.45) is 0 Å². The Balaban J connectivity index is 1.69. The second-order valence-corrected chi connectivity index (χ2v) is 5.92. The van der Waals surface area contributed by atoms with Crippen LogP contribution in [0.5, 0.6) is 0 Å². The number of hydrogen-bond donors (Lipinski definition) is 1. The first-order valence-electron chi connectivity index (χ1n) is 8.22. The summed E-state index contributed by atoms with van der Waals surface area (Å²) < 4.78 is 1.95. The van der Waals surface area contributed by atoms with Crippen LogP contribution in [0, 0.1) is 0 Å². The summed E-state index contributed by atoms with van der Waals surface area (Å²) in [7, 11) is 0. The molecule has 3 heterocycles. The standard InChI is InChI=1S/C18H21N5/c1-2-15-12-18(23-17(21-15)8-9-20-23)22-11-10-19-16(13-22)14-6-4-3-5-7-14/h3-9,12,16,19H,2,10-11,13H2,1H3/t16-/m0/s1. The van der Waals surface area contributed by atoms with Crippen LogP contribution in [0.2, 0.25) is 0 Å². The fourth-order valence-electron chi connectivity index (χ4n) is 3.22. The molecule has 1 atom stereocenters. The van der Waals surface area contributed by atoms with Crippen molar-refractivity contribution in [3.05, 3.63) is 59.9 Å². The molecule has 0 saturated carbocycles. The SMILES string of the molecule is CCc1cc(N2CCN[C@H](c3ccccc3)C2)n2nccc2n1. The molecule has 4 rings (SSSR count). The van der Waals surface area contributed by atoms with Crippen LogP contribution in [0.25, 0.3) is 5.65 Å². The molecule has 0 bridgehead atoms. The highest BCUT2D eigenvalue weighted by Gasteiger charge is 2.23. The van der Waals surface area contributed by atoms with Gasteiger partial charge in [0.1, 0.15) is 5.82 Å². The van der Waals surface area contributed by atoms with Gasteiger partial charge in [0, 0.05) is 43.5 Å². The first-order chi connectivity index (χ1) is 11.3. The smallest absolute Gasteiger partial charge is 0.157 e. The average molecular weight is 307 g/mol. The number of aryl methyl sites for hydroxylation is 1. The van der Waals surface area contributed by atoms with E-state index in [0.717, 1.165) is 43.2 Å². The molecule has 118 valence electrons. The highest BCUT2D eigenvalue weighted by molar-refractivity contribution is 5.51. The van der Waals surface area contributed by atoms with Crippen LogP contribution >= 0.6 is 0 Å². The maximum atomic E-state index is 4.64. The number of rotatable bonds is 3. The molecule has 2 aromatic heterocycles. The van der Waals surface area contributed by atoms with Gasteiger partial charge in [0.25, 0.3) is 0 Å². The van der Waals surface area contributed by atoms with Crippen LogP contribution in [-0.2, 0) is 6.42 Å². The molecule has 1 N–H and O–H groups in total. The molecule has 0 aliphatic carbocycles. The molecule has 1 aliphatic rings. The van der Waals surface area contributed by atoms with E-state index in [4.69, 9.17) is 0 Å². The van der Waals surface area contributed by atoms with Crippen molar-refractivity contribution >= 4 is 11.5 Å². The van der Waals surface area contributed by atoms with Crippen molar-refractivity contribution in [2.45, 2.75) is 19.4 Å². The summed E-state index contributed by atoms with van der Waals surface area (Å²) in [6, 6.07) is 15.1. The first-order valence-corrected chi connectivity index (χ1v) is 8.22. The Morgan fingerprint density at radius 1 is 1.22 bits per heavy atom. The normalized spacial score (nSPS) is 18.5. The fraction of sp³-hybridized carbons (Fsp3) is 0.333. The van der Waals surface area contributed by atoms with E-state index in [1.165, 1.54) is 5.56 Å². The van der Waals surface area contributed by atoms with Gasteiger partial charge < -0.3 is 10.2 Å². The molecule has 0 amide bonds. The second kappa shape index (κ2) is 6.01. The number of anilines is 1. The number of hydrogen-bond acceptors (Lipinski definition) is 4. The van der Waals surface area contributed by atoms with Gasteiger partial charge in [-0.3, -0.25) is 0 Å². The summed E-state index contributed by atoms with van der Waals surface area (Å²) in [6.45, 7) is 5.02. The molecule has 1 aliphatic heterocycles. The van der Waals surface area contributed by atoms with Crippen LogP contribution in [0.4, 0.5) is 5.82 Å². The van der Waals surface area contributed by atoms with E-state index in [0.29, 0.717) is 6.04 Å². The number of nitrogens with one attached hydrogen (secondary N) is 1. The largest absolute Gasteiger partial charge is 0.353 e. The van der Waals surface area contributed by atoms with Gasteiger partial charge in [-0.2, -0.15) is 9.61 Å². The van der Waals surface area contributed by atoms with Crippen LogP contribution in [0.15, 0.2) is 48.7 Å². The van der Waals surface area contributed by atoms with E-state index in [1.54, 1.807) is 0 Å². The Hall–Kier alpha value is -2.40. The van der Waals surface area contributed by atoms with E-state index in [9.17, 15) is 0 Å². The van der Waals surface area contributed by atoms with Gasteiger partial charge >= 0.3 is 0 Å². The van der Waals surface area contributed by atoms with Gasteiger partial charge in [0.05, 0.1) is 6.20 Å². The molecule has 0 unspecified atom stereocenters. The summed E-state index contributed by atoms with van der Waals surface area (Å²) in [5.74, 6) is 1.14. The van der Waals surface area contributed by atoms with Crippen LogP contribution < -0.4 is 10.2 Å². The molecular weight excluding hydrogens is 286 g/mol. The van der Waals surface area contributed by atoms with Crippen molar-refractivity contribution in [1.82, 2.24) is 19.9 Å². The Labute approximate surface area is 136 Å². The van der Waals surface area contributed by atoms with Crippen LogP contribution in [0.3, 0.4) is 0 Å². The third-order valence-corrected chi connectivity index (χ3v) is 4.46. The summed E-state index contributed by atoms with van der Waals surface area (Å²) >= 11 is 0. The maximum absolute atomic E-state index is 4.64. The number of nitrogens with zero attached hydrogens (tertiary/aromatic N) is 4. The zero-order valence-corrected chi connectivity index (χ0v) is 13.3. The van der Waals surface area contributed by atoms with Gasteiger partial charge in [-0.15, -0.1) is 0 Å². The molecule has 0 spiro atoms. The number of piperazine rings is 1. The van der Waals surface area contributed by atoms with Gasteiger partial charge in [-0.25, -0.2) is 4.98 Å². The minimum absolute atomic E-state index is 0.341. The molecule has 23 heavy (non-hydrogen) atoms. The van der Waals surface area contributed by atoms with Gasteiger partial charge in [-0.05, 0) is 12.0 Å². The lowest BCUT2D eigenvalue weighted by molar-refractivity contribution is 0.467. The highest BCUT2D eigenvalue weighted by Crippen LogP contribution is 2.23. The predicted molar refractivity (Wildman–Crippen MR) is 91.8 cm³/mol. The Morgan fingerprint density at radius 3 is 2.91 bits per heavy atom. The number of fused-ring (bicyclic) bond motifs is 1. The lowest BCUT2D eigenvalue weighted by Crippen LogP contribution is -2.46.